The smallest absolute Gasteiger partial charge is 0.0801 e. The molecule has 0 amide bonds. The number of rotatable bonds is 3. The first kappa shape index (κ1) is 11.8. The summed E-state index contributed by atoms with van der Waals surface area (Å²) in [5, 5.41) is 0. The maximum Gasteiger partial charge on any atom is 0.0801 e. The summed E-state index contributed by atoms with van der Waals surface area (Å²) >= 11 is 0. The van der Waals surface area contributed by atoms with Crippen LogP contribution in [0.5, 0.6) is 0 Å². The number of hydrogen-bond donors (Lipinski definition) is 2. The Morgan fingerprint density at radius 2 is 2.08 bits per heavy atom. The summed E-state index contributed by atoms with van der Waals surface area (Å²) in [6.45, 7) is 5.43. The fourth-order valence-corrected chi connectivity index (χ4v) is 0.670. The third kappa shape index (κ3) is 5.09. The highest BCUT2D eigenvalue weighted by molar-refractivity contribution is 5.17. The SMILES string of the molecule is C#CC(C)C(N)C#CC(N)CC=C. The van der Waals surface area contributed by atoms with E-state index in [2.05, 4.69) is 24.3 Å². The maximum atomic E-state index is 5.67. The van der Waals surface area contributed by atoms with Crippen molar-refractivity contribution in [3.8, 4) is 24.2 Å². The molecule has 2 heteroatoms. The fraction of sp³-hybridized carbons (Fsp3) is 0.455. The third-order valence-corrected chi connectivity index (χ3v) is 1.66. The third-order valence-electron chi connectivity index (χ3n) is 1.66. The number of hydrogen-bond acceptors (Lipinski definition) is 2. The van der Waals surface area contributed by atoms with Gasteiger partial charge in [0.1, 0.15) is 0 Å². The van der Waals surface area contributed by atoms with Gasteiger partial charge in [-0.3, -0.25) is 0 Å². The van der Waals surface area contributed by atoms with Crippen LogP contribution in [0.4, 0.5) is 0 Å². The summed E-state index contributed by atoms with van der Waals surface area (Å²) in [4.78, 5) is 0. The first-order chi connectivity index (χ1) is 6.11. The Kier molecular flexibility index (Phi) is 5.72. The molecule has 0 aromatic heterocycles. The molecule has 0 radical (unpaired) electrons. The lowest BCUT2D eigenvalue weighted by molar-refractivity contribution is 0.667. The predicted octanol–water partition coefficient (Wildman–Crippen LogP) is 0.490. The zero-order chi connectivity index (χ0) is 10.3. The minimum atomic E-state index is -0.291. The van der Waals surface area contributed by atoms with Crippen LogP contribution >= 0.6 is 0 Å². The summed E-state index contributed by atoms with van der Waals surface area (Å²) < 4.78 is 0. The molecule has 0 aliphatic rings. The largest absolute Gasteiger partial charge is 0.317 e. The summed E-state index contributed by atoms with van der Waals surface area (Å²) in [7, 11) is 0. The topological polar surface area (TPSA) is 52.0 Å². The van der Waals surface area contributed by atoms with Crippen molar-refractivity contribution in [2.45, 2.75) is 25.4 Å². The van der Waals surface area contributed by atoms with Crippen LogP contribution < -0.4 is 11.5 Å². The van der Waals surface area contributed by atoms with Crippen LogP contribution in [0.15, 0.2) is 12.7 Å². The van der Waals surface area contributed by atoms with Crippen molar-refractivity contribution in [1.82, 2.24) is 0 Å². The first-order valence-corrected chi connectivity index (χ1v) is 4.21. The van der Waals surface area contributed by atoms with Crippen LogP contribution in [-0.4, -0.2) is 12.1 Å². The Labute approximate surface area is 80.4 Å². The van der Waals surface area contributed by atoms with Gasteiger partial charge in [-0.15, -0.1) is 18.9 Å². The Bertz CT molecular complexity index is 251. The zero-order valence-corrected chi connectivity index (χ0v) is 7.96. The van der Waals surface area contributed by atoms with E-state index in [0.29, 0.717) is 6.42 Å². The number of terminal acetylenes is 1. The number of nitrogens with two attached hydrogens (primary N) is 2. The molecule has 0 rings (SSSR count). The Morgan fingerprint density at radius 3 is 2.54 bits per heavy atom. The van der Waals surface area contributed by atoms with E-state index in [0.717, 1.165) is 0 Å². The van der Waals surface area contributed by atoms with Crippen molar-refractivity contribution in [2.24, 2.45) is 17.4 Å². The van der Waals surface area contributed by atoms with E-state index in [4.69, 9.17) is 17.9 Å². The van der Waals surface area contributed by atoms with Gasteiger partial charge in [0.15, 0.2) is 0 Å². The van der Waals surface area contributed by atoms with E-state index in [1.54, 1.807) is 6.08 Å². The fourth-order valence-electron chi connectivity index (χ4n) is 0.670. The van der Waals surface area contributed by atoms with Gasteiger partial charge in [0.05, 0.1) is 12.1 Å². The lowest BCUT2D eigenvalue weighted by Crippen LogP contribution is -2.26. The van der Waals surface area contributed by atoms with E-state index in [1.807, 2.05) is 6.92 Å². The molecule has 4 N–H and O–H groups in total. The Morgan fingerprint density at radius 1 is 1.46 bits per heavy atom. The van der Waals surface area contributed by atoms with E-state index in [9.17, 15) is 0 Å². The summed E-state index contributed by atoms with van der Waals surface area (Å²) in [5.74, 6) is 8.16. The molecule has 0 aliphatic carbocycles. The molecule has 2 nitrogen and oxygen atoms in total. The Hall–Kier alpha value is -1.22. The molecule has 0 saturated carbocycles. The van der Waals surface area contributed by atoms with Crippen LogP contribution in [0.3, 0.4) is 0 Å². The average Bonchev–Trinajstić information content (AvgIpc) is 2.13. The highest BCUT2D eigenvalue weighted by atomic mass is 14.6. The highest BCUT2D eigenvalue weighted by Crippen LogP contribution is 1.96. The van der Waals surface area contributed by atoms with Crippen LogP contribution in [-0.2, 0) is 0 Å². The van der Waals surface area contributed by atoms with Crippen molar-refractivity contribution in [3.05, 3.63) is 12.7 Å². The molecule has 0 saturated heterocycles. The van der Waals surface area contributed by atoms with Crippen LogP contribution in [0.2, 0.25) is 0 Å². The van der Waals surface area contributed by atoms with Gasteiger partial charge < -0.3 is 11.5 Å². The van der Waals surface area contributed by atoms with Gasteiger partial charge in [0, 0.05) is 5.92 Å². The van der Waals surface area contributed by atoms with Gasteiger partial charge in [0.25, 0.3) is 0 Å². The molecule has 70 valence electrons. The second-order valence-electron chi connectivity index (χ2n) is 2.90. The molecular weight excluding hydrogens is 160 g/mol. The summed E-state index contributed by atoms with van der Waals surface area (Å²) in [6, 6.07) is -0.477. The predicted molar refractivity (Wildman–Crippen MR) is 56.5 cm³/mol. The first-order valence-electron chi connectivity index (χ1n) is 4.21. The van der Waals surface area contributed by atoms with Crippen molar-refractivity contribution >= 4 is 0 Å². The van der Waals surface area contributed by atoms with Crippen LogP contribution in [0.1, 0.15) is 13.3 Å². The molecule has 0 heterocycles. The van der Waals surface area contributed by atoms with Gasteiger partial charge in [-0.05, 0) is 13.3 Å². The molecular formula is C11H16N2. The van der Waals surface area contributed by atoms with E-state index < -0.39 is 0 Å². The normalized spacial score (nSPS) is 15.8. The molecule has 0 aromatic carbocycles. The lowest BCUT2D eigenvalue weighted by Gasteiger charge is -2.06. The van der Waals surface area contributed by atoms with Crippen molar-refractivity contribution < 1.29 is 0 Å². The molecule has 3 unspecified atom stereocenters. The monoisotopic (exact) mass is 176 g/mol. The molecule has 0 fully saturated rings. The van der Waals surface area contributed by atoms with Crippen LogP contribution in [0, 0.1) is 30.1 Å². The van der Waals surface area contributed by atoms with Gasteiger partial charge in [-0.25, -0.2) is 0 Å². The van der Waals surface area contributed by atoms with Crippen molar-refractivity contribution in [1.29, 1.82) is 0 Å². The maximum absolute atomic E-state index is 5.67. The van der Waals surface area contributed by atoms with Crippen LogP contribution in [0.25, 0.3) is 0 Å². The second-order valence-corrected chi connectivity index (χ2v) is 2.90. The van der Waals surface area contributed by atoms with E-state index >= 15 is 0 Å². The van der Waals surface area contributed by atoms with Gasteiger partial charge in [-0.2, -0.15) is 0 Å². The molecule has 13 heavy (non-hydrogen) atoms. The van der Waals surface area contributed by atoms with Gasteiger partial charge >= 0.3 is 0 Å². The Balaban J connectivity index is 4.09. The minimum absolute atomic E-state index is 0.0385. The molecule has 0 aromatic rings. The van der Waals surface area contributed by atoms with E-state index in [1.165, 1.54) is 0 Å². The minimum Gasteiger partial charge on any atom is -0.317 e. The van der Waals surface area contributed by atoms with Crippen molar-refractivity contribution in [2.75, 3.05) is 0 Å². The summed E-state index contributed by atoms with van der Waals surface area (Å²) in [6.07, 6.45) is 7.60. The molecule has 0 aliphatic heterocycles. The van der Waals surface area contributed by atoms with E-state index in [-0.39, 0.29) is 18.0 Å². The molecule has 0 spiro atoms. The summed E-state index contributed by atoms with van der Waals surface area (Å²) in [5.41, 5.74) is 11.3. The quantitative estimate of drug-likeness (QED) is 0.485. The lowest BCUT2D eigenvalue weighted by atomic mass is 10.0. The molecule has 0 bridgehead atoms. The molecule has 3 atom stereocenters. The highest BCUT2D eigenvalue weighted by Gasteiger charge is 2.05. The zero-order valence-electron chi connectivity index (χ0n) is 7.96. The van der Waals surface area contributed by atoms with Crippen molar-refractivity contribution in [3.63, 3.8) is 0 Å². The second kappa shape index (κ2) is 6.31. The standard InChI is InChI=1S/C11H16N2/c1-4-6-10(12)7-8-11(13)9(3)5-2/h2,4,9-11H,1,6,12-13H2,3H3. The van der Waals surface area contributed by atoms with Gasteiger partial charge in [0.2, 0.25) is 0 Å². The average molecular weight is 176 g/mol. The van der Waals surface area contributed by atoms with Gasteiger partial charge in [-0.1, -0.05) is 17.9 Å².